The Kier molecular flexibility index (Phi) is 12.2. The van der Waals surface area contributed by atoms with E-state index in [4.69, 9.17) is 21.6 Å². The van der Waals surface area contributed by atoms with Crippen LogP contribution in [0.4, 0.5) is 11.4 Å². The molecule has 1 saturated carbocycles. The quantitative estimate of drug-likeness (QED) is 0.150. The summed E-state index contributed by atoms with van der Waals surface area (Å²) in [4.78, 5) is 66.5. The number of rotatable bonds is 11. The first-order chi connectivity index (χ1) is 27.2. The smallest absolute Gasteiger partial charge is 0.262 e. The number of piperidine rings is 2. The number of ether oxygens (including phenoxy) is 1. The number of imide groups is 2. The van der Waals surface area contributed by atoms with Gasteiger partial charge in [0.2, 0.25) is 11.8 Å². The predicted octanol–water partition coefficient (Wildman–Crippen LogP) is 5.18. The van der Waals surface area contributed by atoms with Gasteiger partial charge in [0.05, 0.1) is 27.8 Å². The van der Waals surface area contributed by atoms with Crippen molar-refractivity contribution in [1.82, 2.24) is 20.9 Å². The van der Waals surface area contributed by atoms with E-state index in [0.29, 0.717) is 46.7 Å². The van der Waals surface area contributed by atoms with Crippen molar-refractivity contribution in [3.63, 3.8) is 0 Å². The van der Waals surface area contributed by atoms with Gasteiger partial charge in [-0.05, 0) is 112 Å². The number of benzene rings is 3. The number of amides is 5. The molecule has 4 N–H and O–H groups in total. The fourth-order valence-electron chi connectivity index (χ4n) is 8.09. The highest BCUT2D eigenvalue weighted by Gasteiger charge is 2.44. The van der Waals surface area contributed by atoms with Crippen molar-refractivity contribution in [2.75, 3.05) is 36.4 Å². The number of halogens is 1. The summed E-state index contributed by atoms with van der Waals surface area (Å²) in [5, 5.41) is 21.9. The van der Waals surface area contributed by atoms with Crippen LogP contribution in [-0.2, 0) is 9.59 Å². The van der Waals surface area contributed by atoms with Crippen LogP contribution in [-0.4, -0.2) is 84.8 Å². The van der Waals surface area contributed by atoms with Crippen molar-refractivity contribution in [3.8, 4) is 11.8 Å². The van der Waals surface area contributed by atoms with Crippen LogP contribution in [0.2, 0.25) is 5.02 Å². The van der Waals surface area contributed by atoms with Crippen molar-refractivity contribution in [2.24, 2.45) is 0 Å². The molecule has 3 aromatic rings. The van der Waals surface area contributed by atoms with Gasteiger partial charge in [-0.15, -0.1) is 0 Å². The van der Waals surface area contributed by atoms with Crippen LogP contribution in [0.15, 0.2) is 60.7 Å². The second-order valence-electron chi connectivity index (χ2n) is 14.9. The molecule has 3 heterocycles. The zero-order valence-corrected chi connectivity index (χ0v) is 31.9. The third-order valence-corrected chi connectivity index (χ3v) is 11.5. The summed E-state index contributed by atoms with van der Waals surface area (Å²) < 4.78 is 6.17. The molecule has 1 aliphatic carbocycles. The van der Waals surface area contributed by atoms with Gasteiger partial charge in [0.15, 0.2) is 0 Å². The lowest BCUT2D eigenvalue weighted by Crippen LogP contribution is -2.54. The van der Waals surface area contributed by atoms with E-state index in [1.54, 1.807) is 36.4 Å². The minimum absolute atomic E-state index is 0.0483. The van der Waals surface area contributed by atoms with Crippen molar-refractivity contribution >= 4 is 52.5 Å². The molecule has 4 aliphatic rings. The average molecular weight is 780 g/mol. The van der Waals surface area contributed by atoms with E-state index in [9.17, 15) is 24.0 Å². The fourth-order valence-corrected chi connectivity index (χ4v) is 8.30. The summed E-state index contributed by atoms with van der Waals surface area (Å²) >= 11 is 6.17. The van der Waals surface area contributed by atoms with E-state index in [1.807, 2.05) is 24.3 Å². The summed E-state index contributed by atoms with van der Waals surface area (Å²) in [6.07, 6.45) is 7.67. The first kappa shape index (κ1) is 38.8. The Morgan fingerprint density at radius 3 is 2.27 bits per heavy atom. The molecule has 0 aromatic heterocycles. The third-order valence-electron chi connectivity index (χ3n) is 11.2. The molecule has 7 rings (SSSR count). The van der Waals surface area contributed by atoms with Gasteiger partial charge in [-0.1, -0.05) is 11.6 Å². The molecule has 3 aromatic carbocycles. The first-order valence-electron chi connectivity index (χ1n) is 19.5. The number of hydrogen-bond acceptors (Lipinski definition) is 10. The lowest BCUT2D eigenvalue weighted by Gasteiger charge is -2.34. The van der Waals surface area contributed by atoms with Gasteiger partial charge >= 0.3 is 0 Å². The van der Waals surface area contributed by atoms with E-state index < -0.39 is 29.7 Å². The minimum Gasteiger partial charge on any atom is -0.490 e. The molecule has 0 radical (unpaired) electrons. The van der Waals surface area contributed by atoms with E-state index in [2.05, 4.69) is 32.2 Å². The Morgan fingerprint density at radius 2 is 1.57 bits per heavy atom. The molecule has 292 valence electrons. The number of nitriles is 1. The van der Waals surface area contributed by atoms with Crippen LogP contribution in [0.5, 0.6) is 5.75 Å². The Bertz CT molecular complexity index is 2020. The molecular weight excluding hydrogens is 734 g/mol. The number of fused-ring (bicyclic) bond motifs is 1. The molecule has 1 unspecified atom stereocenters. The molecule has 3 aliphatic heterocycles. The fraction of sp³-hybridized carbons (Fsp3) is 0.429. The number of hydrogen-bond donors (Lipinski definition) is 4. The Hall–Kier alpha value is -5.45. The van der Waals surface area contributed by atoms with Gasteiger partial charge in [0.1, 0.15) is 17.9 Å². The predicted molar refractivity (Wildman–Crippen MR) is 211 cm³/mol. The Balaban J connectivity index is 0.800. The number of carbonyl (C=O) groups is 5. The zero-order valence-electron chi connectivity index (χ0n) is 31.2. The maximum atomic E-state index is 13.2. The zero-order chi connectivity index (χ0) is 39.2. The summed E-state index contributed by atoms with van der Waals surface area (Å²) in [7, 11) is 0. The monoisotopic (exact) mass is 779 g/mol. The molecular formula is C42H46ClN7O6. The largest absolute Gasteiger partial charge is 0.490 e. The van der Waals surface area contributed by atoms with Gasteiger partial charge in [0.25, 0.3) is 17.7 Å². The van der Waals surface area contributed by atoms with E-state index >= 15 is 0 Å². The van der Waals surface area contributed by atoms with Gasteiger partial charge in [0, 0.05) is 67.7 Å². The number of nitrogens with zero attached hydrogens (tertiary/aromatic N) is 3. The van der Waals surface area contributed by atoms with Crippen molar-refractivity contribution in [1.29, 1.82) is 5.26 Å². The third kappa shape index (κ3) is 8.98. The maximum Gasteiger partial charge on any atom is 0.262 e. The second kappa shape index (κ2) is 17.6. The summed E-state index contributed by atoms with van der Waals surface area (Å²) in [6.45, 7) is 3.12. The van der Waals surface area contributed by atoms with Gasteiger partial charge in [-0.25, -0.2) is 0 Å². The van der Waals surface area contributed by atoms with Crippen LogP contribution in [0.25, 0.3) is 0 Å². The molecule has 13 nitrogen and oxygen atoms in total. The maximum absolute atomic E-state index is 13.2. The highest BCUT2D eigenvalue weighted by Crippen LogP contribution is 2.30. The number of carbonyl (C=O) groups excluding carboxylic acids is 5. The molecule has 2 saturated heterocycles. The molecule has 0 bridgehead atoms. The second-order valence-corrected chi connectivity index (χ2v) is 15.3. The summed E-state index contributed by atoms with van der Waals surface area (Å²) in [6, 6.07) is 19.6. The minimum atomic E-state index is -0.985. The topological polar surface area (TPSA) is 173 Å². The SMILES string of the molecule is N#Cc1ccc(O[C@H]2CCC[C@H](NC(=O)c3ccc(N4CCC(NCCNc5ccc6c(c5)C(=O)N(C5CCC(=O)NC5=O)C6=O)CC4)cc3)CCC2)cc1Cl. The summed E-state index contributed by atoms with van der Waals surface area (Å²) in [5.41, 5.74) is 3.41. The van der Waals surface area contributed by atoms with Crippen LogP contribution in [0, 0.1) is 11.3 Å². The van der Waals surface area contributed by atoms with Gasteiger partial charge in [-0.3, -0.25) is 34.2 Å². The molecule has 0 spiro atoms. The Morgan fingerprint density at radius 1 is 0.839 bits per heavy atom. The summed E-state index contributed by atoms with van der Waals surface area (Å²) in [5.74, 6) is -1.43. The lowest BCUT2D eigenvalue weighted by molar-refractivity contribution is -0.136. The van der Waals surface area contributed by atoms with Crippen LogP contribution >= 0.6 is 11.6 Å². The van der Waals surface area contributed by atoms with E-state index in [1.165, 1.54) is 0 Å². The first-order valence-corrected chi connectivity index (χ1v) is 19.9. The van der Waals surface area contributed by atoms with Crippen LogP contribution in [0.3, 0.4) is 0 Å². The number of anilines is 2. The lowest BCUT2D eigenvalue weighted by atomic mass is 9.94. The Labute approximate surface area is 331 Å². The van der Waals surface area contributed by atoms with Gasteiger partial charge in [-0.2, -0.15) is 5.26 Å². The van der Waals surface area contributed by atoms with Crippen molar-refractivity contribution < 1.29 is 28.7 Å². The number of nitrogens with one attached hydrogen (secondary N) is 4. The van der Waals surface area contributed by atoms with E-state index in [0.717, 1.165) is 75.0 Å². The highest BCUT2D eigenvalue weighted by atomic mass is 35.5. The molecule has 1 atom stereocenters. The molecule has 56 heavy (non-hydrogen) atoms. The molecule has 5 amide bonds. The van der Waals surface area contributed by atoms with Crippen molar-refractivity contribution in [3.05, 3.63) is 87.9 Å². The van der Waals surface area contributed by atoms with E-state index in [-0.39, 0.29) is 42.0 Å². The normalized spacial score (nSPS) is 21.8. The average Bonchev–Trinajstić information content (AvgIpc) is 3.43. The standard InChI is InChI=1S/C42H46ClN7O6/c43-36-24-33(13-9-27(36)25-44)56-32-5-1-3-29(4-2-6-32)47-39(52)26-7-11-31(12-8-26)49-21-17-28(18-22-49)45-19-20-46-30-10-14-34-35(23-30)42(55)50(41(34)54)37-15-16-38(51)48-40(37)53/h7-14,23-24,28-29,32,37,45-46H,1-6,15-22H2,(H,47,52)(H,48,51,53)/t29-,32-,37?. The highest BCUT2D eigenvalue weighted by molar-refractivity contribution is 6.31. The molecule has 3 fully saturated rings. The van der Waals surface area contributed by atoms with Crippen LogP contribution < -0.4 is 30.9 Å². The molecule has 14 heteroatoms. The van der Waals surface area contributed by atoms with Gasteiger partial charge < -0.3 is 25.6 Å². The van der Waals surface area contributed by atoms with Crippen LogP contribution in [0.1, 0.15) is 101 Å². The van der Waals surface area contributed by atoms with Crippen molar-refractivity contribution in [2.45, 2.75) is 88.4 Å².